The molecular formula is C15H18F2N4. The Hall–Kier alpha value is -1.56. The standard InChI is InChI=1S/C15H18F2N4/c16-11-7-10-1-2-12-20-13(9-3-5-18-6-4-9)14(17)21(12)15(10)19-8-11/h7-9,13-14,18H,1-6H2. The van der Waals surface area contributed by atoms with Crippen LogP contribution in [0.15, 0.2) is 17.3 Å². The summed E-state index contributed by atoms with van der Waals surface area (Å²) in [7, 11) is 0. The third-order valence-electron chi connectivity index (χ3n) is 4.73. The monoisotopic (exact) mass is 292 g/mol. The molecule has 1 saturated heterocycles. The molecule has 0 radical (unpaired) electrons. The number of amidine groups is 1. The van der Waals surface area contributed by atoms with Gasteiger partial charge in [-0.15, -0.1) is 0 Å². The van der Waals surface area contributed by atoms with Crippen LogP contribution in [0.4, 0.5) is 14.6 Å². The van der Waals surface area contributed by atoms with Gasteiger partial charge in [0.25, 0.3) is 0 Å². The number of fused-ring (bicyclic) bond motifs is 3. The molecule has 2 unspecified atom stereocenters. The number of pyridine rings is 1. The van der Waals surface area contributed by atoms with Crippen molar-refractivity contribution in [2.75, 3.05) is 18.0 Å². The molecule has 0 saturated carbocycles. The van der Waals surface area contributed by atoms with Crippen molar-refractivity contribution < 1.29 is 8.78 Å². The highest BCUT2D eigenvalue weighted by molar-refractivity contribution is 6.01. The molecule has 4 nitrogen and oxygen atoms in total. The van der Waals surface area contributed by atoms with Gasteiger partial charge in [0.2, 0.25) is 6.30 Å². The third kappa shape index (κ3) is 2.12. The summed E-state index contributed by atoms with van der Waals surface area (Å²) in [6, 6.07) is 1.16. The summed E-state index contributed by atoms with van der Waals surface area (Å²) < 4.78 is 28.2. The lowest BCUT2D eigenvalue weighted by Crippen LogP contribution is -2.44. The first-order valence-corrected chi connectivity index (χ1v) is 7.59. The summed E-state index contributed by atoms with van der Waals surface area (Å²) >= 11 is 0. The second-order valence-corrected chi connectivity index (χ2v) is 6.00. The highest BCUT2D eigenvalue weighted by Gasteiger charge is 2.44. The molecule has 0 spiro atoms. The number of alkyl halides is 1. The number of aryl methyl sites for hydroxylation is 1. The first-order chi connectivity index (χ1) is 10.2. The van der Waals surface area contributed by atoms with E-state index >= 15 is 0 Å². The Kier molecular flexibility index (Phi) is 3.14. The molecule has 2 atom stereocenters. The number of aromatic nitrogens is 1. The molecule has 4 rings (SSSR count). The number of aliphatic imine (C=N–C) groups is 1. The molecule has 0 aliphatic carbocycles. The number of piperidine rings is 1. The van der Waals surface area contributed by atoms with E-state index in [1.807, 2.05) is 0 Å². The number of hydrogen-bond acceptors (Lipinski definition) is 4. The minimum Gasteiger partial charge on any atom is -0.317 e. The molecular weight excluding hydrogens is 274 g/mol. The SMILES string of the molecule is Fc1cnc2c(c1)CCC1=NC(C3CCNCC3)C(F)N12. The van der Waals surface area contributed by atoms with Gasteiger partial charge in [-0.1, -0.05) is 0 Å². The Morgan fingerprint density at radius 2 is 2.05 bits per heavy atom. The zero-order valence-corrected chi connectivity index (χ0v) is 11.7. The fourth-order valence-electron chi connectivity index (χ4n) is 3.65. The van der Waals surface area contributed by atoms with E-state index in [4.69, 9.17) is 0 Å². The van der Waals surface area contributed by atoms with Crippen LogP contribution in [0.5, 0.6) is 0 Å². The van der Waals surface area contributed by atoms with E-state index in [0.29, 0.717) is 18.7 Å². The lowest BCUT2D eigenvalue weighted by Gasteiger charge is -2.32. The highest BCUT2D eigenvalue weighted by atomic mass is 19.1. The maximum atomic E-state index is 14.9. The fourth-order valence-corrected chi connectivity index (χ4v) is 3.65. The van der Waals surface area contributed by atoms with Crippen LogP contribution in [0, 0.1) is 11.7 Å². The zero-order valence-electron chi connectivity index (χ0n) is 11.7. The van der Waals surface area contributed by atoms with Crippen LogP contribution in [0.25, 0.3) is 0 Å². The Morgan fingerprint density at radius 1 is 1.24 bits per heavy atom. The van der Waals surface area contributed by atoms with Gasteiger partial charge in [0.05, 0.1) is 6.20 Å². The summed E-state index contributed by atoms with van der Waals surface area (Å²) in [5, 5.41) is 3.30. The van der Waals surface area contributed by atoms with Crippen LogP contribution in [0.3, 0.4) is 0 Å². The van der Waals surface area contributed by atoms with Crippen molar-refractivity contribution in [2.45, 2.75) is 38.0 Å². The van der Waals surface area contributed by atoms with Crippen molar-refractivity contribution in [3.8, 4) is 0 Å². The third-order valence-corrected chi connectivity index (χ3v) is 4.73. The van der Waals surface area contributed by atoms with Gasteiger partial charge in [0.15, 0.2) is 0 Å². The molecule has 3 aliphatic rings. The number of anilines is 1. The van der Waals surface area contributed by atoms with Gasteiger partial charge < -0.3 is 5.32 Å². The molecule has 0 amide bonds. The Bertz CT molecular complexity index is 583. The van der Waals surface area contributed by atoms with Crippen molar-refractivity contribution in [3.63, 3.8) is 0 Å². The quantitative estimate of drug-likeness (QED) is 0.805. The molecule has 3 aliphatic heterocycles. The average Bonchev–Trinajstić information content (AvgIpc) is 2.85. The van der Waals surface area contributed by atoms with E-state index in [2.05, 4.69) is 15.3 Å². The summed E-state index contributed by atoms with van der Waals surface area (Å²) in [4.78, 5) is 10.3. The van der Waals surface area contributed by atoms with Gasteiger partial charge in [-0.2, -0.15) is 0 Å². The first kappa shape index (κ1) is 13.1. The van der Waals surface area contributed by atoms with Crippen molar-refractivity contribution in [1.82, 2.24) is 10.3 Å². The van der Waals surface area contributed by atoms with Crippen molar-refractivity contribution >= 4 is 11.7 Å². The topological polar surface area (TPSA) is 40.5 Å². The fraction of sp³-hybridized carbons (Fsp3) is 0.600. The molecule has 6 heteroatoms. The predicted octanol–water partition coefficient (Wildman–Crippen LogP) is 2.05. The van der Waals surface area contributed by atoms with Crippen LogP contribution < -0.4 is 10.2 Å². The van der Waals surface area contributed by atoms with E-state index in [1.165, 1.54) is 6.07 Å². The van der Waals surface area contributed by atoms with Crippen LogP contribution in [-0.2, 0) is 6.42 Å². The maximum Gasteiger partial charge on any atom is 0.201 e. The maximum absolute atomic E-state index is 14.9. The van der Waals surface area contributed by atoms with Crippen molar-refractivity contribution in [3.05, 3.63) is 23.6 Å². The summed E-state index contributed by atoms with van der Waals surface area (Å²) in [5.41, 5.74) is 0.780. The molecule has 1 N–H and O–H groups in total. The van der Waals surface area contributed by atoms with E-state index in [-0.39, 0.29) is 17.8 Å². The van der Waals surface area contributed by atoms with Crippen molar-refractivity contribution in [1.29, 1.82) is 0 Å². The van der Waals surface area contributed by atoms with Crippen LogP contribution in [0.1, 0.15) is 24.8 Å². The normalized spacial score (nSPS) is 29.0. The zero-order chi connectivity index (χ0) is 14.4. The Balaban J connectivity index is 1.65. The molecule has 0 bridgehead atoms. The second kappa shape index (κ2) is 5.02. The number of halogens is 2. The predicted molar refractivity (Wildman–Crippen MR) is 76.7 cm³/mol. The van der Waals surface area contributed by atoms with Gasteiger partial charge >= 0.3 is 0 Å². The molecule has 112 valence electrons. The number of rotatable bonds is 1. The van der Waals surface area contributed by atoms with Gasteiger partial charge in [-0.05, 0) is 49.9 Å². The number of hydrogen-bond donors (Lipinski definition) is 1. The molecule has 21 heavy (non-hydrogen) atoms. The molecule has 0 aromatic carbocycles. The number of nitrogens with zero attached hydrogens (tertiary/aromatic N) is 3. The van der Waals surface area contributed by atoms with Crippen LogP contribution >= 0.6 is 0 Å². The lowest BCUT2D eigenvalue weighted by atomic mass is 9.90. The van der Waals surface area contributed by atoms with Crippen LogP contribution in [-0.4, -0.2) is 36.2 Å². The van der Waals surface area contributed by atoms with E-state index in [9.17, 15) is 8.78 Å². The lowest BCUT2D eigenvalue weighted by molar-refractivity contribution is 0.217. The van der Waals surface area contributed by atoms with Gasteiger partial charge in [0, 0.05) is 6.42 Å². The van der Waals surface area contributed by atoms with E-state index in [1.54, 1.807) is 4.90 Å². The van der Waals surface area contributed by atoms with Crippen molar-refractivity contribution in [2.24, 2.45) is 10.9 Å². The second-order valence-electron chi connectivity index (χ2n) is 6.00. The summed E-state index contributed by atoms with van der Waals surface area (Å²) in [6.45, 7) is 1.86. The molecule has 4 heterocycles. The molecule has 1 aromatic rings. The Labute approximate surface area is 122 Å². The molecule has 1 aromatic heterocycles. The van der Waals surface area contributed by atoms with E-state index < -0.39 is 6.30 Å². The number of nitrogens with one attached hydrogen (secondary N) is 1. The van der Waals surface area contributed by atoms with E-state index in [0.717, 1.165) is 43.5 Å². The van der Waals surface area contributed by atoms with Gasteiger partial charge in [0.1, 0.15) is 23.5 Å². The minimum absolute atomic E-state index is 0.281. The Morgan fingerprint density at radius 3 is 2.86 bits per heavy atom. The minimum atomic E-state index is -1.17. The smallest absolute Gasteiger partial charge is 0.201 e. The largest absolute Gasteiger partial charge is 0.317 e. The summed E-state index contributed by atoms with van der Waals surface area (Å²) in [5.74, 6) is 1.24. The van der Waals surface area contributed by atoms with Crippen LogP contribution in [0.2, 0.25) is 0 Å². The summed E-state index contributed by atoms with van der Waals surface area (Å²) in [6.07, 6.45) is 3.26. The molecule has 1 fully saturated rings. The first-order valence-electron chi connectivity index (χ1n) is 7.59. The van der Waals surface area contributed by atoms with Gasteiger partial charge in [-0.25, -0.2) is 13.8 Å². The highest BCUT2D eigenvalue weighted by Crippen LogP contribution is 2.37. The van der Waals surface area contributed by atoms with Gasteiger partial charge in [-0.3, -0.25) is 9.89 Å². The average molecular weight is 292 g/mol.